The third-order valence-electron chi connectivity index (χ3n) is 1.75. The summed E-state index contributed by atoms with van der Waals surface area (Å²) < 4.78 is 4.92. The van der Waals surface area contributed by atoms with Crippen LogP contribution in [0.5, 0.6) is 0 Å². The minimum absolute atomic E-state index is 0.0511. The van der Waals surface area contributed by atoms with Crippen LogP contribution in [-0.4, -0.2) is 50.5 Å². The number of carbonyl (C=O) groups excluding carboxylic acids is 1. The van der Waals surface area contributed by atoms with E-state index in [-0.39, 0.29) is 18.6 Å². The Morgan fingerprint density at radius 2 is 2.29 bits per heavy atom. The van der Waals surface area contributed by atoms with Crippen molar-refractivity contribution < 1.29 is 14.6 Å². The fourth-order valence-electron chi connectivity index (χ4n) is 1.07. The molecule has 0 rings (SSSR count). The second kappa shape index (κ2) is 8.93. The quantitative estimate of drug-likeness (QED) is 0.480. The summed E-state index contributed by atoms with van der Waals surface area (Å²) in [6, 6.07) is -0.101. The lowest BCUT2D eigenvalue weighted by Gasteiger charge is -2.16. The van der Waals surface area contributed by atoms with Crippen molar-refractivity contribution in [3.05, 3.63) is 0 Å². The van der Waals surface area contributed by atoms with Crippen molar-refractivity contribution in [2.45, 2.75) is 19.4 Å². The highest BCUT2D eigenvalue weighted by molar-refractivity contribution is 5.78. The minimum Gasteiger partial charge on any atom is -0.396 e. The Hall–Kier alpha value is -0.650. The van der Waals surface area contributed by atoms with E-state index in [2.05, 4.69) is 10.6 Å². The van der Waals surface area contributed by atoms with Crippen LogP contribution < -0.4 is 10.6 Å². The zero-order valence-corrected chi connectivity index (χ0v) is 8.88. The van der Waals surface area contributed by atoms with Gasteiger partial charge in [0.2, 0.25) is 5.91 Å². The molecule has 0 aliphatic heterocycles. The summed E-state index contributed by atoms with van der Waals surface area (Å²) in [5, 5.41) is 14.4. The molecule has 1 unspecified atom stereocenters. The standard InChI is InChI=1S/C9H20N2O3/c1-3-10-6-9(13)11-8(4-5-12)7-14-2/h8,10,12H,3-7H2,1-2H3,(H,11,13). The number of hydrogen-bond donors (Lipinski definition) is 3. The van der Waals surface area contributed by atoms with Gasteiger partial charge in [-0.2, -0.15) is 0 Å². The first-order valence-electron chi connectivity index (χ1n) is 4.84. The lowest BCUT2D eigenvalue weighted by Crippen LogP contribution is -2.43. The Kier molecular flexibility index (Phi) is 8.51. The second-order valence-electron chi connectivity index (χ2n) is 3.01. The number of nitrogens with one attached hydrogen (secondary N) is 2. The van der Waals surface area contributed by atoms with Crippen molar-refractivity contribution in [1.82, 2.24) is 10.6 Å². The van der Waals surface area contributed by atoms with Gasteiger partial charge in [0, 0.05) is 13.7 Å². The van der Waals surface area contributed by atoms with E-state index in [4.69, 9.17) is 9.84 Å². The van der Waals surface area contributed by atoms with E-state index in [0.29, 0.717) is 19.6 Å². The van der Waals surface area contributed by atoms with Gasteiger partial charge in [0.1, 0.15) is 0 Å². The molecule has 0 saturated carbocycles. The van der Waals surface area contributed by atoms with E-state index < -0.39 is 0 Å². The maximum absolute atomic E-state index is 11.3. The number of amides is 1. The van der Waals surface area contributed by atoms with Crippen LogP contribution in [0, 0.1) is 0 Å². The summed E-state index contributed by atoms with van der Waals surface area (Å²) in [5.74, 6) is -0.0673. The number of likely N-dealkylation sites (N-methyl/N-ethyl adjacent to an activating group) is 1. The Morgan fingerprint density at radius 1 is 1.57 bits per heavy atom. The van der Waals surface area contributed by atoms with Crippen LogP contribution in [0.4, 0.5) is 0 Å². The molecular formula is C9H20N2O3. The molecule has 0 aliphatic rings. The lowest BCUT2D eigenvalue weighted by atomic mass is 10.2. The van der Waals surface area contributed by atoms with Gasteiger partial charge in [0.05, 0.1) is 19.2 Å². The molecule has 0 aromatic heterocycles. The molecule has 1 atom stereocenters. The fourth-order valence-corrected chi connectivity index (χ4v) is 1.07. The molecule has 14 heavy (non-hydrogen) atoms. The third kappa shape index (κ3) is 6.82. The average molecular weight is 204 g/mol. The summed E-state index contributed by atoms with van der Waals surface area (Å²) in [4.78, 5) is 11.3. The first kappa shape index (κ1) is 13.4. The van der Waals surface area contributed by atoms with E-state index in [9.17, 15) is 4.79 Å². The first-order valence-corrected chi connectivity index (χ1v) is 4.84. The largest absolute Gasteiger partial charge is 0.396 e. The molecular weight excluding hydrogens is 184 g/mol. The lowest BCUT2D eigenvalue weighted by molar-refractivity contribution is -0.121. The molecule has 0 fully saturated rings. The molecule has 0 bridgehead atoms. The van der Waals surface area contributed by atoms with E-state index in [1.165, 1.54) is 0 Å². The van der Waals surface area contributed by atoms with Gasteiger partial charge in [0.15, 0.2) is 0 Å². The molecule has 0 saturated heterocycles. The van der Waals surface area contributed by atoms with Gasteiger partial charge in [-0.3, -0.25) is 4.79 Å². The normalized spacial score (nSPS) is 12.5. The summed E-state index contributed by atoms with van der Waals surface area (Å²) in [6.07, 6.45) is 0.520. The second-order valence-corrected chi connectivity index (χ2v) is 3.01. The number of aliphatic hydroxyl groups is 1. The fraction of sp³-hybridized carbons (Fsp3) is 0.889. The van der Waals surface area contributed by atoms with Gasteiger partial charge in [-0.05, 0) is 13.0 Å². The zero-order chi connectivity index (χ0) is 10.8. The molecule has 0 spiro atoms. The molecule has 1 amide bonds. The molecule has 5 heteroatoms. The summed E-state index contributed by atoms with van der Waals surface area (Å²) >= 11 is 0. The van der Waals surface area contributed by atoms with Crippen molar-refractivity contribution in [2.75, 3.05) is 33.4 Å². The molecule has 0 radical (unpaired) electrons. The Labute approximate surface area is 84.8 Å². The van der Waals surface area contributed by atoms with Crippen LogP contribution >= 0.6 is 0 Å². The predicted octanol–water partition coefficient (Wildman–Crippen LogP) is -0.890. The van der Waals surface area contributed by atoms with Gasteiger partial charge >= 0.3 is 0 Å². The maximum Gasteiger partial charge on any atom is 0.234 e. The number of methoxy groups -OCH3 is 1. The van der Waals surface area contributed by atoms with Crippen LogP contribution in [0.2, 0.25) is 0 Å². The van der Waals surface area contributed by atoms with E-state index in [1.807, 2.05) is 6.92 Å². The van der Waals surface area contributed by atoms with Gasteiger partial charge in [-0.1, -0.05) is 6.92 Å². The number of aliphatic hydroxyl groups excluding tert-OH is 1. The SMILES string of the molecule is CCNCC(=O)NC(CCO)COC. The summed E-state index contributed by atoms with van der Waals surface area (Å²) in [5.41, 5.74) is 0. The van der Waals surface area contributed by atoms with Gasteiger partial charge in [-0.25, -0.2) is 0 Å². The topological polar surface area (TPSA) is 70.6 Å². The van der Waals surface area contributed by atoms with Gasteiger partial charge in [0.25, 0.3) is 0 Å². The van der Waals surface area contributed by atoms with Crippen LogP contribution in [0.25, 0.3) is 0 Å². The highest BCUT2D eigenvalue weighted by Gasteiger charge is 2.10. The smallest absolute Gasteiger partial charge is 0.234 e. The number of rotatable bonds is 8. The number of carbonyl (C=O) groups is 1. The van der Waals surface area contributed by atoms with Crippen molar-refractivity contribution in [3.63, 3.8) is 0 Å². The summed E-state index contributed by atoms with van der Waals surface area (Å²) in [6.45, 7) is 3.49. The Bertz CT molecular complexity index is 147. The zero-order valence-electron chi connectivity index (χ0n) is 8.88. The number of ether oxygens (including phenoxy) is 1. The molecule has 0 aromatic carbocycles. The van der Waals surface area contributed by atoms with Crippen LogP contribution in [0.3, 0.4) is 0 Å². The molecule has 0 heterocycles. The average Bonchev–Trinajstić information content (AvgIpc) is 2.15. The van der Waals surface area contributed by atoms with E-state index >= 15 is 0 Å². The van der Waals surface area contributed by atoms with Crippen molar-refractivity contribution >= 4 is 5.91 Å². The van der Waals surface area contributed by atoms with Crippen molar-refractivity contribution in [2.24, 2.45) is 0 Å². The van der Waals surface area contributed by atoms with Crippen LogP contribution in [-0.2, 0) is 9.53 Å². The summed E-state index contributed by atoms with van der Waals surface area (Å²) in [7, 11) is 1.57. The monoisotopic (exact) mass is 204 g/mol. The van der Waals surface area contributed by atoms with Crippen LogP contribution in [0.1, 0.15) is 13.3 Å². The highest BCUT2D eigenvalue weighted by Crippen LogP contribution is 1.91. The first-order chi connectivity index (χ1) is 6.74. The van der Waals surface area contributed by atoms with Gasteiger partial charge < -0.3 is 20.5 Å². The molecule has 0 aromatic rings. The molecule has 5 nitrogen and oxygen atoms in total. The minimum atomic E-state index is -0.101. The van der Waals surface area contributed by atoms with Crippen molar-refractivity contribution in [1.29, 1.82) is 0 Å². The molecule has 84 valence electrons. The van der Waals surface area contributed by atoms with E-state index in [1.54, 1.807) is 7.11 Å². The Balaban J connectivity index is 3.71. The predicted molar refractivity (Wildman–Crippen MR) is 54.1 cm³/mol. The third-order valence-corrected chi connectivity index (χ3v) is 1.75. The van der Waals surface area contributed by atoms with Gasteiger partial charge in [-0.15, -0.1) is 0 Å². The maximum atomic E-state index is 11.3. The highest BCUT2D eigenvalue weighted by atomic mass is 16.5. The Morgan fingerprint density at radius 3 is 2.79 bits per heavy atom. The molecule has 0 aliphatic carbocycles. The van der Waals surface area contributed by atoms with Crippen LogP contribution in [0.15, 0.2) is 0 Å². The number of hydrogen-bond acceptors (Lipinski definition) is 4. The van der Waals surface area contributed by atoms with Crippen molar-refractivity contribution in [3.8, 4) is 0 Å². The molecule has 3 N–H and O–H groups in total. The van der Waals surface area contributed by atoms with E-state index in [0.717, 1.165) is 6.54 Å².